The number of hydrogen-bond donors (Lipinski definition) is 0. The van der Waals surface area contributed by atoms with E-state index in [2.05, 4.69) is 67.5 Å². The van der Waals surface area contributed by atoms with Gasteiger partial charge in [-0.15, -0.1) is 10.2 Å². The van der Waals surface area contributed by atoms with Gasteiger partial charge in [-0.25, -0.2) is 0 Å². The smallest absolute Gasteiger partial charge is 0.161 e. The molecule has 0 atom stereocenters. The Morgan fingerprint density at radius 2 is 1.88 bits per heavy atom. The third-order valence-corrected chi connectivity index (χ3v) is 2.82. The van der Waals surface area contributed by atoms with E-state index in [1.54, 1.807) is 0 Å². The van der Waals surface area contributed by atoms with Gasteiger partial charge in [-0.1, -0.05) is 34.6 Å². The van der Waals surface area contributed by atoms with Crippen LogP contribution in [-0.4, -0.2) is 14.6 Å². The summed E-state index contributed by atoms with van der Waals surface area (Å²) in [7, 11) is 0. The van der Waals surface area contributed by atoms with Crippen molar-refractivity contribution < 1.29 is 0 Å². The lowest BCUT2D eigenvalue weighted by Crippen LogP contribution is -2.11. The molecular weight excluding hydrogens is 198 g/mol. The zero-order valence-electron chi connectivity index (χ0n) is 10.7. The first kappa shape index (κ1) is 11.1. The van der Waals surface area contributed by atoms with E-state index >= 15 is 0 Å². The van der Waals surface area contributed by atoms with E-state index in [0.29, 0.717) is 5.92 Å². The van der Waals surface area contributed by atoms with Crippen molar-refractivity contribution in [3.05, 3.63) is 29.7 Å². The van der Waals surface area contributed by atoms with Crippen molar-refractivity contribution in [1.82, 2.24) is 14.6 Å². The molecule has 3 heteroatoms. The van der Waals surface area contributed by atoms with Gasteiger partial charge in [0, 0.05) is 12.1 Å². The van der Waals surface area contributed by atoms with Crippen molar-refractivity contribution in [3.63, 3.8) is 0 Å². The molecule has 0 aliphatic rings. The summed E-state index contributed by atoms with van der Waals surface area (Å²) >= 11 is 0. The molecule has 0 N–H and O–H groups in total. The first-order chi connectivity index (χ1) is 7.39. The molecule has 2 rings (SSSR count). The third-order valence-electron chi connectivity index (χ3n) is 2.82. The molecule has 0 spiro atoms. The molecule has 16 heavy (non-hydrogen) atoms. The zero-order valence-corrected chi connectivity index (χ0v) is 10.7. The lowest BCUT2D eigenvalue weighted by molar-refractivity contribution is 0.589. The third kappa shape index (κ3) is 1.82. The molecule has 0 bridgehead atoms. The second kappa shape index (κ2) is 3.58. The van der Waals surface area contributed by atoms with Gasteiger partial charge in [0.15, 0.2) is 5.65 Å². The highest BCUT2D eigenvalue weighted by Gasteiger charge is 2.16. The molecule has 0 fully saturated rings. The van der Waals surface area contributed by atoms with Crippen LogP contribution in [0.5, 0.6) is 0 Å². The monoisotopic (exact) mass is 217 g/mol. The maximum atomic E-state index is 4.23. The van der Waals surface area contributed by atoms with Crippen molar-refractivity contribution in [2.24, 2.45) is 0 Å². The minimum atomic E-state index is 0.158. The molecule has 0 saturated carbocycles. The van der Waals surface area contributed by atoms with Crippen LogP contribution in [0.25, 0.3) is 5.65 Å². The van der Waals surface area contributed by atoms with E-state index in [-0.39, 0.29) is 5.41 Å². The van der Waals surface area contributed by atoms with E-state index in [0.717, 1.165) is 11.5 Å². The van der Waals surface area contributed by atoms with E-state index in [1.807, 2.05) is 0 Å². The number of hydrogen-bond acceptors (Lipinski definition) is 2. The Balaban J connectivity index is 2.58. The summed E-state index contributed by atoms with van der Waals surface area (Å²) < 4.78 is 2.07. The van der Waals surface area contributed by atoms with E-state index in [4.69, 9.17) is 0 Å². The Morgan fingerprint density at radius 1 is 1.19 bits per heavy atom. The summed E-state index contributed by atoms with van der Waals surface area (Å²) in [5.41, 5.74) is 2.39. The highest BCUT2D eigenvalue weighted by Crippen LogP contribution is 2.23. The molecule has 0 unspecified atom stereocenters. The molecule has 2 aromatic heterocycles. The summed E-state index contributed by atoms with van der Waals surface area (Å²) in [4.78, 5) is 0. The van der Waals surface area contributed by atoms with Gasteiger partial charge in [-0.3, -0.25) is 4.40 Å². The standard InChI is InChI=1S/C13H19N3/c1-9(2)12-15-14-11-8-10(13(3,4)5)6-7-16(11)12/h6-9H,1-5H3. The molecule has 2 heterocycles. The normalized spacial score (nSPS) is 12.6. The maximum absolute atomic E-state index is 4.23. The molecule has 0 aliphatic heterocycles. The Morgan fingerprint density at radius 3 is 2.44 bits per heavy atom. The first-order valence-corrected chi connectivity index (χ1v) is 5.75. The van der Waals surface area contributed by atoms with Gasteiger partial charge in [0.1, 0.15) is 5.82 Å². The number of nitrogens with zero attached hydrogens (tertiary/aromatic N) is 3. The van der Waals surface area contributed by atoms with Crippen molar-refractivity contribution in [2.45, 2.75) is 46.0 Å². The SMILES string of the molecule is CC(C)c1nnc2cc(C(C)(C)C)ccn12. The fourth-order valence-electron chi connectivity index (χ4n) is 1.77. The molecular formula is C13H19N3. The molecule has 0 saturated heterocycles. The summed E-state index contributed by atoms with van der Waals surface area (Å²) in [5, 5.41) is 8.46. The van der Waals surface area contributed by atoms with Crippen LogP contribution >= 0.6 is 0 Å². The maximum Gasteiger partial charge on any atom is 0.161 e. The number of fused-ring (bicyclic) bond motifs is 1. The van der Waals surface area contributed by atoms with Crippen molar-refractivity contribution >= 4 is 5.65 Å². The second-order valence-electron chi connectivity index (χ2n) is 5.61. The number of rotatable bonds is 1. The Kier molecular flexibility index (Phi) is 2.49. The van der Waals surface area contributed by atoms with Gasteiger partial charge in [-0.2, -0.15) is 0 Å². The average molecular weight is 217 g/mol. The van der Waals surface area contributed by atoms with Crippen LogP contribution in [0, 0.1) is 0 Å². The van der Waals surface area contributed by atoms with Crippen LogP contribution in [-0.2, 0) is 5.41 Å². The minimum Gasteiger partial charge on any atom is -0.286 e. The van der Waals surface area contributed by atoms with Crippen LogP contribution in [0.15, 0.2) is 18.3 Å². The van der Waals surface area contributed by atoms with Crippen LogP contribution in [0.2, 0.25) is 0 Å². The van der Waals surface area contributed by atoms with Crippen molar-refractivity contribution in [1.29, 1.82) is 0 Å². The Labute approximate surface area is 96.5 Å². The van der Waals surface area contributed by atoms with Gasteiger partial charge in [0.05, 0.1) is 0 Å². The molecule has 0 radical (unpaired) electrons. The van der Waals surface area contributed by atoms with Gasteiger partial charge < -0.3 is 0 Å². The predicted molar refractivity (Wildman–Crippen MR) is 65.8 cm³/mol. The lowest BCUT2D eigenvalue weighted by Gasteiger charge is -2.18. The van der Waals surface area contributed by atoms with Crippen LogP contribution < -0.4 is 0 Å². The summed E-state index contributed by atoms with van der Waals surface area (Å²) in [6, 6.07) is 4.28. The largest absolute Gasteiger partial charge is 0.286 e. The average Bonchev–Trinajstić information content (AvgIpc) is 2.58. The highest BCUT2D eigenvalue weighted by atomic mass is 15.2. The fourth-order valence-corrected chi connectivity index (χ4v) is 1.77. The summed E-state index contributed by atoms with van der Waals surface area (Å²) in [5.74, 6) is 1.42. The second-order valence-corrected chi connectivity index (χ2v) is 5.61. The molecule has 0 aromatic carbocycles. The molecule has 3 nitrogen and oxygen atoms in total. The van der Waals surface area contributed by atoms with Crippen LogP contribution in [0.4, 0.5) is 0 Å². The predicted octanol–water partition coefficient (Wildman–Crippen LogP) is 3.15. The Hall–Kier alpha value is -1.38. The number of pyridine rings is 1. The van der Waals surface area contributed by atoms with Gasteiger partial charge in [0.2, 0.25) is 0 Å². The van der Waals surface area contributed by atoms with Crippen molar-refractivity contribution in [2.75, 3.05) is 0 Å². The van der Waals surface area contributed by atoms with E-state index in [9.17, 15) is 0 Å². The van der Waals surface area contributed by atoms with Gasteiger partial charge in [-0.05, 0) is 23.1 Å². The Bertz CT molecular complexity index is 503. The van der Waals surface area contributed by atoms with E-state index in [1.165, 1.54) is 5.56 Å². The molecule has 0 aliphatic carbocycles. The molecule has 2 aromatic rings. The highest BCUT2D eigenvalue weighted by molar-refractivity contribution is 5.43. The first-order valence-electron chi connectivity index (χ1n) is 5.75. The van der Waals surface area contributed by atoms with Gasteiger partial charge in [0.25, 0.3) is 0 Å². The van der Waals surface area contributed by atoms with Gasteiger partial charge >= 0.3 is 0 Å². The summed E-state index contributed by atoms with van der Waals surface area (Å²) in [6.07, 6.45) is 2.07. The molecule has 0 amide bonds. The van der Waals surface area contributed by atoms with Crippen LogP contribution in [0.1, 0.15) is 51.9 Å². The minimum absolute atomic E-state index is 0.158. The topological polar surface area (TPSA) is 30.2 Å². The van der Waals surface area contributed by atoms with Crippen molar-refractivity contribution in [3.8, 4) is 0 Å². The fraction of sp³-hybridized carbons (Fsp3) is 0.538. The zero-order chi connectivity index (χ0) is 11.9. The quantitative estimate of drug-likeness (QED) is 0.734. The molecule has 86 valence electrons. The number of aromatic nitrogens is 3. The van der Waals surface area contributed by atoms with Crippen LogP contribution in [0.3, 0.4) is 0 Å². The lowest BCUT2D eigenvalue weighted by atomic mass is 9.88. The van der Waals surface area contributed by atoms with E-state index < -0.39 is 0 Å². The summed E-state index contributed by atoms with van der Waals surface area (Å²) in [6.45, 7) is 10.9.